The Morgan fingerprint density at radius 2 is 2.47 bits per heavy atom. The molecule has 1 aliphatic carbocycles. The molecule has 2 N–H and O–H groups in total. The Kier molecular flexibility index (Phi) is 2.75. The molecule has 1 aromatic heterocycles. The third-order valence-corrected chi connectivity index (χ3v) is 3.42. The van der Waals surface area contributed by atoms with E-state index in [1.54, 1.807) is 16.2 Å². The van der Waals surface area contributed by atoms with Gasteiger partial charge >= 0.3 is 0 Å². The summed E-state index contributed by atoms with van der Waals surface area (Å²) >= 11 is 1.61. The van der Waals surface area contributed by atoms with Crippen molar-refractivity contribution in [1.82, 2.24) is 9.88 Å². The minimum atomic E-state index is 0.0507. The van der Waals surface area contributed by atoms with E-state index in [-0.39, 0.29) is 17.9 Å². The Hall–Kier alpha value is -0.940. The summed E-state index contributed by atoms with van der Waals surface area (Å²) in [4.78, 5) is 17.8. The number of nitrogens with zero attached hydrogens (tertiary/aromatic N) is 2. The molecule has 2 rings (SSSR count). The molecule has 2 unspecified atom stereocenters. The van der Waals surface area contributed by atoms with Crippen LogP contribution in [0.15, 0.2) is 5.38 Å². The van der Waals surface area contributed by atoms with Gasteiger partial charge in [0, 0.05) is 18.5 Å². The van der Waals surface area contributed by atoms with Gasteiger partial charge in [-0.25, -0.2) is 4.98 Å². The van der Waals surface area contributed by atoms with Crippen LogP contribution in [0.25, 0.3) is 0 Å². The number of aromatic nitrogens is 1. The van der Waals surface area contributed by atoms with E-state index in [1.165, 1.54) is 0 Å². The summed E-state index contributed by atoms with van der Waals surface area (Å²) in [6, 6.07) is 0.0807. The zero-order valence-corrected chi connectivity index (χ0v) is 9.75. The molecule has 15 heavy (non-hydrogen) atoms. The summed E-state index contributed by atoms with van der Waals surface area (Å²) < 4.78 is 0. The molecule has 4 nitrogen and oxygen atoms in total. The summed E-state index contributed by atoms with van der Waals surface area (Å²) in [5, 5.41) is 3.03. The van der Waals surface area contributed by atoms with Crippen LogP contribution in [-0.4, -0.2) is 28.9 Å². The number of amides is 1. The highest BCUT2D eigenvalue weighted by molar-refractivity contribution is 7.09. The van der Waals surface area contributed by atoms with Crippen molar-refractivity contribution in [2.75, 3.05) is 7.05 Å². The van der Waals surface area contributed by atoms with Crippen LogP contribution in [0.1, 0.15) is 17.1 Å². The topological polar surface area (TPSA) is 59.2 Å². The van der Waals surface area contributed by atoms with Crippen molar-refractivity contribution in [3.8, 4) is 0 Å². The molecule has 82 valence electrons. The van der Waals surface area contributed by atoms with Crippen LogP contribution in [0.2, 0.25) is 0 Å². The van der Waals surface area contributed by atoms with E-state index in [0.29, 0.717) is 6.54 Å². The number of nitrogens with two attached hydrogens (primary N) is 1. The van der Waals surface area contributed by atoms with E-state index in [2.05, 4.69) is 4.98 Å². The average molecular weight is 225 g/mol. The Morgan fingerprint density at radius 3 is 2.93 bits per heavy atom. The zero-order valence-electron chi connectivity index (χ0n) is 8.93. The van der Waals surface area contributed by atoms with E-state index in [9.17, 15) is 4.79 Å². The second-order valence-electron chi connectivity index (χ2n) is 4.06. The van der Waals surface area contributed by atoms with Gasteiger partial charge in [0.2, 0.25) is 5.91 Å². The maximum Gasteiger partial charge on any atom is 0.227 e. The van der Waals surface area contributed by atoms with Crippen molar-refractivity contribution in [1.29, 1.82) is 0 Å². The molecule has 1 heterocycles. The molecule has 2 atom stereocenters. The van der Waals surface area contributed by atoms with Gasteiger partial charge in [0.25, 0.3) is 0 Å². The lowest BCUT2D eigenvalue weighted by atomic mass is 10.3. The van der Waals surface area contributed by atoms with Crippen LogP contribution in [-0.2, 0) is 11.3 Å². The van der Waals surface area contributed by atoms with Crippen LogP contribution >= 0.6 is 11.3 Å². The average Bonchev–Trinajstić information content (AvgIpc) is 2.77. The SMILES string of the molecule is Cc1nc(CN(C)C(=O)C2CC2N)cs1. The second kappa shape index (κ2) is 3.90. The number of hydrogen-bond donors (Lipinski definition) is 1. The number of aryl methyl sites for hydroxylation is 1. The van der Waals surface area contributed by atoms with Crippen molar-refractivity contribution >= 4 is 17.2 Å². The van der Waals surface area contributed by atoms with Gasteiger partial charge in [0.1, 0.15) is 0 Å². The van der Waals surface area contributed by atoms with Crippen molar-refractivity contribution in [2.24, 2.45) is 11.7 Å². The molecule has 0 spiro atoms. The van der Waals surface area contributed by atoms with Crippen LogP contribution < -0.4 is 5.73 Å². The summed E-state index contributed by atoms with van der Waals surface area (Å²) in [6.07, 6.45) is 0.833. The van der Waals surface area contributed by atoms with Gasteiger partial charge in [-0.15, -0.1) is 11.3 Å². The Labute approximate surface area is 93.1 Å². The molecular formula is C10H15N3OS. The molecule has 1 saturated carbocycles. The first kappa shape index (κ1) is 10.6. The molecule has 0 aromatic carbocycles. The monoisotopic (exact) mass is 225 g/mol. The number of thiazole rings is 1. The highest BCUT2D eigenvalue weighted by Crippen LogP contribution is 2.29. The van der Waals surface area contributed by atoms with E-state index in [0.717, 1.165) is 17.1 Å². The first-order valence-electron chi connectivity index (χ1n) is 4.99. The van der Waals surface area contributed by atoms with Gasteiger partial charge in [0.05, 0.1) is 23.2 Å². The van der Waals surface area contributed by atoms with Gasteiger partial charge in [0.15, 0.2) is 0 Å². The normalized spacial score (nSPS) is 23.9. The van der Waals surface area contributed by atoms with Crippen LogP contribution in [0.5, 0.6) is 0 Å². The van der Waals surface area contributed by atoms with E-state index >= 15 is 0 Å². The number of rotatable bonds is 3. The fourth-order valence-corrected chi connectivity index (χ4v) is 2.19. The minimum Gasteiger partial charge on any atom is -0.340 e. The fraction of sp³-hybridized carbons (Fsp3) is 0.600. The lowest BCUT2D eigenvalue weighted by Crippen LogP contribution is -2.29. The van der Waals surface area contributed by atoms with Gasteiger partial charge in [-0.05, 0) is 13.3 Å². The Bertz CT molecular complexity index is 376. The highest BCUT2D eigenvalue weighted by Gasteiger charge is 2.41. The molecule has 5 heteroatoms. The molecule has 1 amide bonds. The molecule has 1 aromatic rings. The van der Waals surface area contributed by atoms with Crippen molar-refractivity contribution in [3.05, 3.63) is 16.1 Å². The predicted octanol–water partition coefficient (Wildman–Crippen LogP) is 0.757. The number of carbonyl (C=O) groups is 1. The second-order valence-corrected chi connectivity index (χ2v) is 5.12. The molecular weight excluding hydrogens is 210 g/mol. The van der Waals surface area contributed by atoms with Crippen molar-refractivity contribution in [2.45, 2.75) is 25.9 Å². The van der Waals surface area contributed by atoms with Crippen molar-refractivity contribution in [3.63, 3.8) is 0 Å². The Morgan fingerprint density at radius 1 is 1.80 bits per heavy atom. The summed E-state index contributed by atoms with van der Waals surface area (Å²) in [7, 11) is 1.81. The summed E-state index contributed by atoms with van der Waals surface area (Å²) in [5.74, 6) is 0.197. The molecule has 0 saturated heterocycles. The van der Waals surface area contributed by atoms with E-state index in [1.807, 2.05) is 19.4 Å². The lowest BCUT2D eigenvalue weighted by Gasteiger charge is -2.15. The van der Waals surface area contributed by atoms with Crippen molar-refractivity contribution < 1.29 is 4.79 Å². The van der Waals surface area contributed by atoms with Gasteiger partial charge in [-0.2, -0.15) is 0 Å². The van der Waals surface area contributed by atoms with Crippen LogP contribution in [0, 0.1) is 12.8 Å². The summed E-state index contributed by atoms with van der Waals surface area (Å²) in [6.45, 7) is 2.55. The highest BCUT2D eigenvalue weighted by atomic mass is 32.1. The van der Waals surface area contributed by atoms with Crippen LogP contribution in [0.4, 0.5) is 0 Å². The molecule has 1 aliphatic rings. The van der Waals surface area contributed by atoms with Gasteiger partial charge < -0.3 is 10.6 Å². The Balaban J connectivity index is 1.92. The van der Waals surface area contributed by atoms with Gasteiger partial charge in [-0.3, -0.25) is 4.79 Å². The van der Waals surface area contributed by atoms with Gasteiger partial charge in [-0.1, -0.05) is 0 Å². The first-order valence-corrected chi connectivity index (χ1v) is 5.87. The van der Waals surface area contributed by atoms with Crippen LogP contribution in [0.3, 0.4) is 0 Å². The predicted molar refractivity (Wildman–Crippen MR) is 59.4 cm³/mol. The molecule has 0 bridgehead atoms. The molecule has 0 radical (unpaired) electrons. The number of carbonyl (C=O) groups excluding carboxylic acids is 1. The third-order valence-electron chi connectivity index (χ3n) is 2.60. The largest absolute Gasteiger partial charge is 0.340 e. The van der Waals surface area contributed by atoms with E-state index in [4.69, 9.17) is 5.73 Å². The first-order chi connectivity index (χ1) is 7.08. The molecule has 1 fully saturated rings. The number of hydrogen-bond acceptors (Lipinski definition) is 4. The smallest absolute Gasteiger partial charge is 0.227 e. The maximum atomic E-state index is 11.7. The van der Waals surface area contributed by atoms with E-state index < -0.39 is 0 Å². The fourth-order valence-electron chi connectivity index (χ4n) is 1.58. The summed E-state index contributed by atoms with van der Waals surface area (Å²) in [5.41, 5.74) is 6.60. The standard InChI is InChI=1S/C10H15N3OS/c1-6-12-7(5-15-6)4-13(2)10(14)8-3-9(8)11/h5,8-9H,3-4,11H2,1-2H3. The lowest BCUT2D eigenvalue weighted by molar-refractivity contribution is -0.131. The quantitative estimate of drug-likeness (QED) is 0.826. The zero-order chi connectivity index (χ0) is 11.0. The third kappa shape index (κ3) is 2.35. The maximum absolute atomic E-state index is 11.7. The minimum absolute atomic E-state index is 0.0507. The molecule has 0 aliphatic heterocycles.